The molecule has 0 aliphatic carbocycles. The van der Waals surface area contributed by atoms with Gasteiger partial charge in [-0.2, -0.15) is 5.26 Å². The van der Waals surface area contributed by atoms with Gasteiger partial charge in [-0.3, -0.25) is 9.69 Å². The fourth-order valence-electron chi connectivity index (χ4n) is 3.39. The highest BCUT2D eigenvalue weighted by Gasteiger charge is 2.44. The molecule has 1 N–H and O–H groups in total. The maximum absolute atomic E-state index is 14.2. The second-order valence-corrected chi connectivity index (χ2v) is 7.09. The van der Waals surface area contributed by atoms with Crippen molar-refractivity contribution in [2.45, 2.75) is 37.6 Å². The first-order chi connectivity index (χ1) is 12.3. The predicted molar refractivity (Wildman–Crippen MR) is 93.4 cm³/mol. The third kappa shape index (κ3) is 3.87. The van der Waals surface area contributed by atoms with Gasteiger partial charge in [0.2, 0.25) is 5.91 Å². The standard InChI is InChI=1S/C19H25F2N3O2/c1-18(2,17(25)23-9-12-26-3)24-10-7-19(13-22,8-11-24)14-5-4-6-15(20)16(14)21/h4-6H,7-12H2,1-3H3,(H,23,25). The Hall–Kier alpha value is -2.04. The van der Waals surface area contributed by atoms with Crippen LogP contribution in [0.25, 0.3) is 0 Å². The Morgan fingerprint density at radius 2 is 2.04 bits per heavy atom. The molecule has 0 spiro atoms. The quantitative estimate of drug-likeness (QED) is 0.786. The SMILES string of the molecule is COCCNC(=O)C(C)(C)N1CCC(C#N)(c2cccc(F)c2F)CC1. The minimum atomic E-state index is -1.08. The van der Waals surface area contributed by atoms with Crippen molar-refractivity contribution < 1.29 is 18.3 Å². The van der Waals surface area contributed by atoms with Crippen molar-refractivity contribution in [2.24, 2.45) is 0 Å². The number of benzene rings is 1. The number of amides is 1. The molecule has 2 rings (SSSR count). The van der Waals surface area contributed by atoms with Gasteiger partial charge in [0.25, 0.3) is 0 Å². The number of ether oxygens (including phenoxy) is 1. The Kier molecular flexibility index (Phi) is 6.32. The van der Waals surface area contributed by atoms with Crippen LogP contribution in [0.5, 0.6) is 0 Å². The number of carbonyl (C=O) groups excluding carboxylic acids is 1. The highest BCUT2D eigenvalue weighted by Crippen LogP contribution is 2.38. The number of halogens is 2. The molecule has 0 unspecified atom stereocenters. The molecule has 5 nitrogen and oxygen atoms in total. The molecule has 0 aromatic heterocycles. The summed E-state index contributed by atoms with van der Waals surface area (Å²) in [6.45, 7) is 5.36. The lowest BCUT2D eigenvalue weighted by atomic mass is 9.73. The van der Waals surface area contributed by atoms with Gasteiger partial charge in [-0.1, -0.05) is 12.1 Å². The van der Waals surface area contributed by atoms with Crippen molar-refractivity contribution >= 4 is 5.91 Å². The minimum Gasteiger partial charge on any atom is -0.383 e. The molecule has 1 aliphatic heterocycles. The lowest BCUT2D eigenvalue weighted by Gasteiger charge is -2.44. The predicted octanol–water partition coefficient (Wildman–Crippen LogP) is 2.36. The van der Waals surface area contributed by atoms with E-state index in [-0.39, 0.29) is 11.5 Å². The average molecular weight is 365 g/mol. The van der Waals surface area contributed by atoms with Crippen LogP contribution in [0, 0.1) is 23.0 Å². The fraction of sp³-hybridized carbons (Fsp3) is 0.579. The molecular weight excluding hydrogens is 340 g/mol. The van der Waals surface area contributed by atoms with Crippen molar-refractivity contribution in [3.05, 3.63) is 35.4 Å². The number of hydrogen-bond donors (Lipinski definition) is 1. The van der Waals surface area contributed by atoms with Crippen LogP contribution in [0.15, 0.2) is 18.2 Å². The maximum Gasteiger partial charge on any atom is 0.240 e. The highest BCUT2D eigenvalue weighted by atomic mass is 19.2. The molecule has 1 aliphatic rings. The van der Waals surface area contributed by atoms with Crippen molar-refractivity contribution in [1.29, 1.82) is 5.26 Å². The van der Waals surface area contributed by atoms with Crippen LogP contribution in [0.3, 0.4) is 0 Å². The van der Waals surface area contributed by atoms with Crippen LogP contribution in [0.2, 0.25) is 0 Å². The van der Waals surface area contributed by atoms with E-state index in [9.17, 15) is 18.8 Å². The number of nitrogens with zero attached hydrogens (tertiary/aromatic N) is 2. The molecule has 1 amide bonds. The van der Waals surface area contributed by atoms with Gasteiger partial charge in [-0.25, -0.2) is 8.78 Å². The van der Waals surface area contributed by atoms with E-state index in [1.54, 1.807) is 7.11 Å². The first kappa shape index (κ1) is 20.3. The van der Waals surface area contributed by atoms with E-state index in [0.717, 1.165) is 6.07 Å². The minimum absolute atomic E-state index is 0.0991. The van der Waals surface area contributed by atoms with E-state index < -0.39 is 22.6 Å². The number of piperidine rings is 1. The summed E-state index contributed by atoms with van der Waals surface area (Å²) in [5.41, 5.74) is -1.75. The molecule has 1 heterocycles. The zero-order valence-electron chi connectivity index (χ0n) is 15.4. The van der Waals surface area contributed by atoms with Crippen molar-refractivity contribution in [3.8, 4) is 6.07 Å². The van der Waals surface area contributed by atoms with Crippen LogP contribution in [-0.2, 0) is 14.9 Å². The summed E-state index contributed by atoms with van der Waals surface area (Å²) in [4.78, 5) is 14.4. The van der Waals surface area contributed by atoms with Gasteiger partial charge in [0.05, 0.1) is 23.6 Å². The number of likely N-dealkylation sites (tertiary alicyclic amines) is 1. The second kappa shape index (κ2) is 8.11. The molecular formula is C19H25F2N3O2. The second-order valence-electron chi connectivity index (χ2n) is 7.09. The Bertz CT molecular complexity index is 693. The van der Waals surface area contributed by atoms with E-state index in [4.69, 9.17) is 4.74 Å². The van der Waals surface area contributed by atoms with Crippen LogP contribution in [-0.4, -0.2) is 49.7 Å². The smallest absolute Gasteiger partial charge is 0.240 e. The Morgan fingerprint density at radius 1 is 1.38 bits per heavy atom. The molecule has 1 aromatic carbocycles. The van der Waals surface area contributed by atoms with Crippen molar-refractivity contribution in [1.82, 2.24) is 10.2 Å². The molecule has 0 saturated carbocycles. The summed E-state index contributed by atoms with van der Waals surface area (Å²) in [5, 5.41) is 12.5. The molecule has 142 valence electrons. The molecule has 7 heteroatoms. The highest BCUT2D eigenvalue weighted by molar-refractivity contribution is 5.85. The van der Waals surface area contributed by atoms with Crippen LogP contribution in [0.4, 0.5) is 8.78 Å². The van der Waals surface area contributed by atoms with Gasteiger partial charge in [-0.15, -0.1) is 0 Å². The molecule has 0 atom stereocenters. The third-order valence-electron chi connectivity index (χ3n) is 5.24. The Balaban J connectivity index is 2.12. The summed E-state index contributed by atoms with van der Waals surface area (Å²) in [5.74, 6) is -2.03. The molecule has 1 saturated heterocycles. The summed E-state index contributed by atoms with van der Waals surface area (Å²) in [6, 6.07) is 6.14. The van der Waals surface area contributed by atoms with Crippen LogP contribution < -0.4 is 5.32 Å². The summed E-state index contributed by atoms with van der Waals surface area (Å²) < 4.78 is 32.8. The molecule has 1 fully saturated rings. The zero-order chi connectivity index (χ0) is 19.4. The average Bonchev–Trinajstić information content (AvgIpc) is 2.64. The van der Waals surface area contributed by atoms with Gasteiger partial charge in [0, 0.05) is 32.3 Å². The first-order valence-corrected chi connectivity index (χ1v) is 8.66. The topological polar surface area (TPSA) is 65.4 Å². The Morgan fingerprint density at radius 3 is 2.62 bits per heavy atom. The van der Waals surface area contributed by atoms with E-state index >= 15 is 0 Å². The van der Waals surface area contributed by atoms with Crippen molar-refractivity contribution in [2.75, 3.05) is 33.4 Å². The lowest BCUT2D eigenvalue weighted by molar-refractivity contribution is -0.132. The third-order valence-corrected chi connectivity index (χ3v) is 5.24. The number of rotatable bonds is 6. The van der Waals surface area contributed by atoms with Crippen LogP contribution >= 0.6 is 0 Å². The zero-order valence-corrected chi connectivity index (χ0v) is 15.4. The van der Waals surface area contributed by atoms with E-state index in [2.05, 4.69) is 11.4 Å². The normalized spacial score (nSPS) is 17.5. The Labute approximate surface area is 152 Å². The number of nitrogens with one attached hydrogen (secondary N) is 1. The van der Waals surface area contributed by atoms with Gasteiger partial charge < -0.3 is 10.1 Å². The largest absolute Gasteiger partial charge is 0.383 e. The fourth-order valence-corrected chi connectivity index (χ4v) is 3.39. The number of methoxy groups -OCH3 is 1. The van der Waals surface area contributed by atoms with Gasteiger partial charge >= 0.3 is 0 Å². The summed E-state index contributed by atoms with van der Waals surface area (Å²) >= 11 is 0. The van der Waals surface area contributed by atoms with Crippen LogP contribution in [0.1, 0.15) is 32.3 Å². The number of nitriles is 1. The van der Waals surface area contributed by atoms with E-state index in [1.165, 1.54) is 12.1 Å². The van der Waals surface area contributed by atoms with Gasteiger partial charge in [0.1, 0.15) is 0 Å². The van der Waals surface area contributed by atoms with E-state index in [0.29, 0.717) is 39.1 Å². The summed E-state index contributed by atoms with van der Waals surface area (Å²) in [6.07, 6.45) is 0.664. The summed E-state index contributed by atoms with van der Waals surface area (Å²) in [7, 11) is 1.56. The number of hydrogen-bond acceptors (Lipinski definition) is 4. The van der Waals surface area contributed by atoms with E-state index in [1.807, 2.05) is 18.7 Å². The first-order valence-electron chi connectivity index (χ1n) is 8.66. The maximum atomic E-state index is 14.2. The van der Waals surface area contributed by atoms with Crippen molar-refractivity contribution in [3.63, 3.8) is 0 Å². The van der Waals surface area contributed by atoms with Gasteiger partial charge in [0.15, 0.2) is 11.6 Å². The molecule has 0 bridgehead atoms. The number of carbonyl (C=O) groups is 1. The van der Waals surface area contributed by atoms with Gasteiger partial charge in [-0.05, 0) is 32.8 Å². The molecule has 0 radical (unpaired) electrons. The lowest BCUT2D eigenvalue weighted by Crippen LogP contribution is -2.58. The molecule has 1 aromatic rings. The monoisotopic (exact) mass is 365 g/mol. The molecule has 26 heavy (non-hydrogen) atoms.